The molecule has 0 aliphatic carbocycles. The third-order valence-corrected chi connectivity index (χ3v) is 7.68. The largest absolute Gasteiger partial charge is 0.493 e. The van der Waals surface area contributed by atoms with E-state index in [4.69, 9.17) is 0 Å². The third kappa shape index (κ3) is 3.35. The van der Waals surface area contributed by atoms with Gasteiger partial charge in [0.1, 0.15) is 11.8 Å². The van der Waals surface area contributed by atoms with E-state index in [9.17, 15) is 20.0 Å². The van der Waals surface area contributed by atoms with Gasteiger partial charge in [-0.1, -0.05) is 48.5 Å². The van der Waals surface area contributed by atoms with E-state index in [1.807, 2.05) is 54.6 Å². The molecular weight excluding hydrogens is 492 g/mol. The number of carbonyl (C=O) groups is 1. The maximum atomic E-state index is 13.6. The van der Waals surface area contributed by atoms with Crippen molar-refractivity contribution < 1.29 is 9.90 Å². The van der Waals surface area contributed by atoms with Crippen LogP contribution in [0.4, 0.5) is 10.5 Å². The van der Waals surface area contributed by atoms with Crippen LogP contribution in [0.2, 0.25) is 0 Å². The Morgan fingerprint density at radius 1 is 1.03 bits per heavy atom. The van der Waals surface area contributed by atoms with Gasteiger partial charge in [-0.2, -0.15) is 5.26 Å². The summed E-state index contributed by atoms with van der Waals surface area (Å²) in [6, 6.07) is 25.3. The van der Waals surface area contributed by atoms with E-state index in [2.05, 4.69) is 16.4 Å². The van der Waals surface area contributed by atoms with Crippen LogP contribution in [0.15, 0.2) is 89.9 Å². The van der Waals surface area contributed by atoms with Crippen molar-refractivity contribution in [1.82, 2.24) is 19.0 Å². The van der Waals surface area contributed by atoms with Crippen LogP contribution in [-0.2, 0) is 0 Å². The van der Waals surface area contributed by atoms with E-state index in [1.165, 1.54) is 4.57 Å². The van der Waals surface area contributed by atoms with Gasteiger partial charge in [-0.05, 0) is 42.3 Å². The first-order valence-electron chi connectivity index (χ1n) is 12.6. The number of hydrogen-bond donors (Lipinski definition) is 2. The molecule has 7 rings (SSSR count). The highest BCUT2D eigenvalue weighted by Crippen LogP contribution is 2.49. The van der Waals surface area contributed by atoms with Gasteiger partial charge in [-0.3, -0.25) is 9.55 Å². The maximum Gasteiger partial charge on any atom is 0.336 e. The molecule has 1 saturated heterocycles. The number of rotatable bonds is 3. The fourth-order valence-electron chi connectivity index (χ4n) is 5.98. The van der Waals surface area contributed by atoms with Crippen LogP contribution >= 0.6 is 0 Å². The molecule has 2 aliphatic heterocycles. The predicted octanol–water partition coefficient (Wildman–Crippen LogP) is 4.97. The summed E-state index contributed by atoms with van der Waals surface area (Å²) in [6.07, 6.45) is 2.14. The fraction of sp³-hybridized carbons (Fsp3) is 0.133. The Morgan fingerprint density at radius 3 is 2.64 bits per heavy atom. The van der Waals surface area contributed by atoms with E-state index < -0.39 is 6.04 Å². The van der Waals surface area contributed by atoms with Crippen molar-refractivity contribution in [1.29, 1.82) is 5.26 Å². The number of likely N-dealkylation sites (tertiary alicyclic amines) is 1. The van der Waals surface area contributed by atoms with Gasteiger partial charge < -0.3 is 15.3 Å². The first kappa shape index (κ1) is 22.8. The SMILES string of the molecule is N#Cc1ccc(-n2c(O)c3n(c2=O)[C@@H]2CC3N(C(=O)Nc3ccccc3-c3ccccc3)C2)c2cccnc12. The molecule has 3 aromatic carbocycles. The number of nitrogens with zero attached hydrogens (tertiary/aromatic N) is 5. The number of hydrogen-bond acceptors (Lipinski definition) is 5. The number of aromatic hydroxyl groups is 1. The van der Waals surface area contributed by atoms with Gasteiger partial charge in [0, 0.05) is 23.7 Å². The highest BCUT2D eigenvalue weighted by atomic mass is 16.3. The number of carbonyl (C=O) groups excluding carboxylic acids is 1. The Kier molecular flexibility index (Phi) is 5.03. The summed E-state index contributed by atoms with van der Waals surface area (Å²) in [5, 5.41) is 24.5. The number of fused-ring (bicyclic) bond motifs is 6. The lowest BCUT2D eigenvalue weighted by Gasteiger charge is -2.28. The molecule has 1 unspecified atom stereocenters. The molecule has 1 fully saturated rings. The molecule has 0 spiro atoms. The van der Waals surface area contributed by atoms with E-state index in [0.29, 0.717) is 46.5 Å². The minimum absolute atomic E-state index is 0.204. The highest BCUT2D eigenvalue weighted by Gasteiger charge is 2.49. The zero-order chi connectivity index (χ0) is 26.7. The third-order valence-electron chi connectivity index (χ3n) is 7.68. The Hall–Kier alpha value is -5.36. The average molecular weight is 515 g/mol. The number of nitriles is 1. The van der Waals surface area contributed by atoms with Gasteiger partial charge in [-0.25, -0.2) is 14.2 Å². The molecule has 0 radical (unpaired) electrons. The summed E-state index contributed by atoms with van der Waals surface area (Å²) in [7, 11) is 0. The van der Waals surface area contributed by atoms with Gasteiger partial charge in [0.05, 0.1) is 34.5 Å². The fourth-order valence-corrected chi connectivity index (χ4v) is 5.98. The summed E-state index contributed by atoms with van der Waals surface area (Å²) in [5.74, 6) is -0.204. The smallest absolute Gasteiger partial charge is 0.336 e. The second-order valence-electron chi connectivity index (χ2n) is 9.74. The van der Waals surface area contributed by atoms with Crippen LogP contribution in [0.5, 0.6) is 5.88 Å². The number of amides is 2. The summed E-state index contributed by atoms with van der Waals surface area (Å²) < 4.78 is 2.86. The molecular formula is C30H22N6O3. The molecule has 2 aromatic heterocycles. The normalized spacial score (nSPS) is 17.3. The molecule has 190 valence electrons. The lowest BCUT2D eigenvalue weighted by Crippen LogP contribution is -2.40. The van der Waals surface area contributed by atoms with Gasteiger partial charge in [0.25, 0.3) is 0 Å². The molecule has 2 amide bonds. The van der Waals surface area contributed by atoms with Crippen molar-refractivity contribution in [3.8, 4) is 28.8 Å². The first-order valence-corrected chi connectivity index (χ1v) is 12.6. The van der Waals surface area contributed by atoms with Gasteiger partial charge in [0.2, 0.25) is 5.88 Å². The number of para-hydroxylation sites is 1. The summed E-state index contributed by atoms with van der Waals surface area (Å²) in [4.78, 5) is 33.1. The van der Waals surface area contributed by atoms with Crippen LogP contribution in [0.3, 0.4) is 0 Å². The van der Waals surface area contributed by atoms with Gasteiger partial charge in [0.15, 0.2) is 0 Å². The molecule has 9 nitrogen and oxygen atoms in total. The Bertz CT molecular complexity index is 1890. The highest BCUT2D eigenvalue weighted by molar-refractivity contribution is 5.95. The molecule has 4 heterocycles. The summed E-state index contributed by atoms with van der Waals surface area (Å²) in [6.45, 7) is 0.357. The van der Waals surface area contributed by atoms with Crippen LogP contribution in [0.25, 0.3) is 27.7 Å². The van der Waals surface area contributed by atoms with Crippen LogP contribution in [0.1, 0.15) is 29.8 Å². The molecule has 2 aliphatic rings. The maximum absolute atomic E-state index is 13.6. The minimum Gasteiger partial charge on any atom is -0.493 e. The molecule has 5 aromatic rings. The Morgan fingerprint density at radius 2 is 1.82 bits per heavy atom. The zero-order valence-corrected chi connectivity index (χ0v) is 20.7. The number of aromatic nitrogens is 3. The van der Waals surface area contributed by atoms with Gasteiger partial charge >= 0.3 is 11.7 Å². The monoisotopic (exact) mass is 514 g/mol. The molecule has 0 saturated carbocycles. The average Bonchev–Trinajstić information content (AvgIpc) is 3.64. The first-order chi connectivity index (χ1) is 19.1. The summed E-state index contributed by atoms with van der Waals surface area (Å²) in [5.41, 5.74) is 3.90. The molecule has 39 heavy (non-hydrogen) atoms. The van der Waals surface area contributed by atoms with E-state index in [-0.39, 0.29) is 23.6 Å². The lowest BCUT2D eigenvalue weighted by atomic mass is 10.0. The minimum atomic E-state index is -0.449. The van der Waals surface area contributed by atoms with E-state index in [1.54, 1.807) is 39.9 Å². The van der Waals surface area contributed by atoms with E-state index in [0.717, 1.165) is 11.1 Å². The second-order valence-corrected chi connectivity index (χ2v) is 9.74. The number of nitrogens with one attached hydrogen (secondary N) is 1. The van der Waals surface area contributed by atoms with Crippen molar-refractivity contribution in [3.05, 3.63) is 107 Å². The van der Waals surface area contributed by atoms with Crippen LogP contribution in [0, 0.1) is 11.3 Å². The van der Waals surface area contributed by atoms with Crippen molar-refractivity contribution in [2.24, 2.45) is 0 Å². The topological polar surface area (TPSA) is 116 Å². The number of urea groups is 1. The molecule has 2 N–H and O–H groups in total. The molecule has 9 heteroatoms. The standard InChI is InChI=1S/C30H22N6O3/c31-16-19-12-13-24(22-10-6-14-32-26(19)22)36-28(37)27-25-15-20(35(27)30(36)39)17-34(25)29(38)33-23-11-5-4-9-21(23)18-7-2-1-3-8-18/h1-14,20,25,37H,15,17H2,(H,33,38)/t20-,25?/m1/s1. The van der Waals surface area contributed by atoms with Crippen molar-refractivity contribution in [2.75, 3.05) is 11.9 Å². The quantitative estimate of drug-likeness (QED) is 0.353. The second kappa shape index (κ2) is 8.60. The lowest BCUT2D eigenvalue weighted by molar-refractivity contribution is 0.198. The van der Waals surface area contributed by atoms with Crippen molar-refractivity contribution >= 4 is 22.6 Å². The number of pyridine rings is 1. The van der Waals surface area contributed by atoms with Crippen molar-refractivity contribution in [2.45, 2.75) is 18.5 Å². The Labute approximate surface area is 222 Å². The van der Waals surface area contributed by atoms with Gasteiger partial charge in [-0.15, -0.1) is 0 Å². The van der Waals surface area contributed by atoms with Crippen LogP contribution < -0.4 is 11.0 Å². The molecule has 2 atom stereocenters. The number of anilines is 1. The number of imidazole rings is 1. The van der Waals surface area contributed by atoms with Crippen molar-refractivity contribution in [3.63, 3.8) is 0 Å². The Balaban J connectivity index is 1.25. The van der Waals surface area contributed by atoms with Crippen LogP contribution in [-0.4, -0.2) is 36.7 Å². The molecule has 2 bridgehead atoms. The predicted molar refractivity (Wildman–Crippen MR) is 146 cm³/mol. The summed E-state index contributed by atoms with van der Waals surface area (Å²) >= 11 is 0. The van der Waals surface area contributed by atoms with E-state index >= 15 is 0 Å². The number of benzene rings is 3. The zero-order valence-electron chi connectivity index (χ0n) is 20.7.